The number of halogens is 1. The Morgan fingerprint density at radius 2 is 1.67 bits per heavy atom. The Labute approximate surface area is 147 Å². The van der Waals surface area contributed by atoms with E-state index in [0.29, 0.717) is 18.1 Å². The fourth-order valence-corrected chi connectivity index (χ4v) is 2.51. The van der Waals surface area contributed by atoms with E-state index in [0.717, 1.165) is 11.1 Å². The minimum atomic E-state index is -0.546. The van der Waals surface area contributed by atoms with Crippen LogP contribution in [0.1, 0.15) is 25.0 Å². The Bertz CT molecular complexity index is 686. The highest BCUT2D eigenvalue weighted by Crippen LogP contribution is 2.11. The molecule has 2 aromatic carbocycles. The molecule has 126 valence electrons. The standard InChI is InChI=1S/C19H21ClN2O2/c1-14(19(24)21-12-16-8-10-18(20)11-9-16)22(15(2)23)13-17-6-4-3-5-7-17/h3-11,14H,12-13H2,1-2H3,(H,21,24)/t14-/m1/s1. The molecule has 1 N–H and O–H groups in total. The molecule has 0 radical (unpaired) electrons. The van der Waals surface area contributed by atoms with Crippen LogP contribution in [0.15, 0.2) is 54.6 Å². The molecule has 5 heteroatoms. The molecule has 0 spiro atoms. The molecule has 2 amide bonds. The smallest absolute Gasteiger partial charge is 0.242 e. The highest BCUT2D eigenvalue weighted by molar-refractivity contribution is 6.30. The van der Waals surface area contributed by atoms with Gasteiger partial charge in [-0.1, -0.05) is 54.1 Å². The van der Waals surface area contributed by atoms with Gasteiger partial charge in [-0.15, -0.1) is 0 Å². The first-order valence-corrected chi connectivity index (χ1v) is 8.18. The van der Waals surface area contributed by atoms with Crippen molar-refractivity contribution in [1.82, 2.24) is 10.2 Å². The summed E-state index contributed by atoms with van der Waals surface area (Å²) in [5, 5.41) is 3.52. The SMILES string of the molecule is CC(=O)N(Cc1ccccc1)[C@H](C)C(=O)NCc1ccc(Cl)cc1. The van der Waals surface area contributed by atoms with Crippen LogP contribution >= 0.6 is 11.6 Å². The largest absolute Gasteiger partial charge is 0.350 e. The topological polar surface area (TPSA) is 49.4 Å². The molecule has 0 saturated carbocycles. The number of benzene rings is 2. The normalized spacial score (nSPS) is 11.6. The van der Waals surface area contributed by atoms with E-state index >= 15 is 0 Å². The number of nitrogens with one attached hydrogen (secondary N) is 1. The van der Waals surface area contributed by atoms with Crippen LogP contribution in [0, 0.1) is 0 Å². The summed E-state index contributed by atoms with van der Waals surface area (Å²) in [5.41, 5.74) is 1.95. The summed E-state index contributed by atoms with van der Waals surface area (Å²) in [5.74, 6) is -0.316. The number of hydrogen-bond donors (Lipinski definition) is 1. The summed E-state index contributed by atoms with van der Waals surface area (Å²) in [6.45, 7) is 4.02. The number of amides is 2. The molecule has 0 saturated heterocycles. The van der Waals surface area contributed by atoms with E-state index in [9.17, 15) is 9.59 Å². The van der Waals surface area contributed by atoms with Crippen LogP contribution < -0.4 is 5.32 Å². The summed E-state index contributed by atoms with van der Waals surface area (Å²) in [6.07, 6.45) is 0. The molecule has 0 unspecified atom stereocenters. The number of carbonyl (C=O) groups excluding carboxylic acids is 2. The molecule has 0 aliphatic rings. The number of hydrogen-bond acceptors (Lipinski definition) is 2. The van der Waals surface area contributed by atoms with Gasteiger partial charge in [0.2, 0.25) is 11.8 Å². The zero-order chi connectivity index (χ0) is 17.5. The van der Waals surface area contributed by atoms with Crippen LogP contribution in [0.5, 0.6) is 0 Å². The molecule has 0 aliphatic carbocycles. The summed E-state index contributed by atoms with van der Waals surface area (Å²) < 4.78 is 0. The van der Waals surface area contributed by atoms with Gasteiger partial charge < -0.3 is 10.2 Å². The van der Waals surface area contributed by atoms with Crippen molar-refractivity contribution in [2.24, 2.45) is 0 Å². The zero-order valence-electron chi connectivity index (χ0n) is 13.8. The van der Waals surface area contributed by atoms with Gasteiger partial charge in [0.1, 0.15) is 6.04 Å². The maximum absolute atomic E-state index is 12.4. The molecule has 2 aromatic rings. The molecule has 0 heterocycles. The van der Waals surface area contributed by atoms with Crippen molar-refractivity contribution in [3.63, 3.8) is 0 Å². The van der Waals surface area contributed by atoms with E-state index in [4.69, 9.17) is 11.6 Å². The van der Waals surface area contributed by atoms with Gasteiger partial charge in [0, 0.05) is 25.0 Å². The van der Waals surface area contributed by atoms with Crippen LogP contribution in [0.25, 0.3) is 0 Å². The first kappa shape index (κ1) is 18.0. The summed E-state index contributed by atoms with van der Waals surface area (Å²) in [4.78, 5) is 25.9. The number of carbonyl (C=O) groups is 2. The van der Waals surface area contributed by atoms with Gasteiger partial charge in [-0.2, -0.15) is 0 Å². The van der Waals surface area contributed by atoms with Gasteiger partial charge in [-0.25, -0.2) is 0 Å². The summed E-state index contributed by atoms with van der Waals surface area (Å²) in [6, 6.07) is 16.4. The van der Waals surface area contributed by atoms with Crippen LogP contribution in [-0.2, 0) is 22.7 Å². The minimum absolute atomic E-state index is 0.131. The molecular formula is C19H21ClN2O2. The Balaban J connectivity index is 1.97. The van der Waals surface area contributed by atoms with Gasteiger partial charge in [0.15, 0.2) is 0 Å². The van der Waals surface area contributed by atoms with E-state index < -0.39 is 6.04 Å². The lowest BCUT2D eigenvalue weighted by Gasteiger charge is -2.27. The number of nitrogens with zero attached hydrogens (tertiary/aromatic N) is 1. The van der Waals surface area contributed by atoms with E-state index in [1.165, 1.54) is 6.92 Å². The third kappa shape index (κ3) is 5.10. The van der Waals surface area contributed by atoms with Crippen LogP contribution in [0.2, 0.25) is 5.02 Å². The van der Waals surface area contributed by atoms with Crippen molar-refractivity contribution in [1.29, 1.82) is 0 Å². The van der Waals surface area contributed by atoms with Crippen molar-refractivity contribution in [2.75, 3.05) is 0 Å². The molecule has 2 rings (SSSR count). The maximum atomic E-state index is 12.4. The van der Waals surface area contributed by atoms with E-state index in [2.05, 4.69) is 5.32 Å². The summed E-state index contributed by atoms with van der Waals surface area (Å²) in [7, 11) is 0. The van der Waals surface area contributed by atoms with E-state index in [1.807, 2.05) is 42.5 Å². The maximum Gasteiger partial charge on any atom is 0.242 e. The average molecular weight is 345 g/mol. The third-order valence-electron chi connectivity index (χ3n) is 3.83. The Hall–Kier alpha value is -2.33. The van der Waals surface area contributed by atoms with Crippen molar-refractivity contribution >= 4 is 23.4 Å². The predicted molar refractivity (Wildman–Crippen MR) is 95.4 cm³/mol. The Kier molecular flexibility index (Phi) is 6.38. The lowest BCUT2D eigenvalue weighted by molar-refractivity contribution is -0.139. The van der Waals surface area contributed by atoms with Gasteiger partial charge in [-0.05, 0) is 30.2 Å². The molecule has 24 heavy (non-hydrogen) atoms. The van der Waals surface area contributed by atoms with Crippen molar-refractivity contribution < 1.29 is 9.59 Å². The monoisotopic (exact) mass is 344 g/mol. The molecule has 0 bridgehead atoms. The molecule has 4 nitrogen and oxygen atoms in total. The quantitative estimate of drug-likeness (QED) is 0.873. The lowest BCUT2D eigenvalue weighted by atomic mass is 10.1. The van der Waals surface area contributed by atoms with Crippen LogP contribution in [-0.4, -0.2) is 22.8 Å². The van der Waals surface area contributed by atoms with Gasteiger partial charge >= 0.3 is 0 Å². The van der Waals surface area contributed by atoms with Gasteiger partial charge in [0.25, 0.3) is 0 Å². The fourth-order valence-electron chi connectivity index (χ4n) is 2.38. The second-order valence-corrected chi connectivity index (χ2v) is 6.09. The van der Waals surface area contributed by atoms with Crippen molar-refractivity contribution in [2.45, 2.75) is 33.0 Å². The first-order valence-electron chi connectivity index (χ1n) is 7.80. The molecule has 0 fully saturated rings. The third-order valence-corrected chi connectivity index (χ3v) is 4.08. The molecule has 0 aliphatic heterocycles. The lowest BCUT2D eigenvalue weighted by Crippen LogP contribution is -2.46. The van der Waals surface area contributed by atoms with E-state index in [-0.39, 0.29) is 11.8 Å². The Morgan fingerprint density at radius 3 is 2.25 bits per heavy atom. The number of rotatable bonds is 6. The summed E-state index contributed by atoms with van der Waals surface area (Å²) >= 11 is 5.85. The van der Waals surface area contributed by atoms with Crippen LogP contribution in [0.3, 0.4) is 0 Å². The van der Waals surface area contributed by atoms with Gasteiger partial charge in [0.05, 0.1) is 0 Å². The van der Waals surface area contributed by atoms with Crippen molar-refractivity contribution in [3.05, 3.63) is 70.7 Å². The highest BCUT2D eigenvalue weighted by atomic mass is 35.5. The van der Waals surface area contributed by atoms with Crippen LogP contribution in [0.4, 0.5) is 0 Å². The molecule has 0 aromatic heterocycles. The molecule has 1 atom stereocenters. The first-order chi connectivity index (χ1) is 11.5. The van der Waals surface area contributed by atoms with Gasteiger partial charge in [-0.3, -0.25) is 9.59 Å². The zero-order valence-corrected chi connectivity index (χ0v) is 14.6. The van der Waals surface area contributed by atoms with E-state index in [1.54, 1.807) is 24.0 Å². The van der Waals surface area contributed by atoms with Crippen molar-refractivity contribution in [3.8, 4) is 0 Å². The molecular weight excluding hydrogens is 324 g/mol. The minimum Gasteiger partial charge on any atom is -0.350 e. The highest BCUT2D eigenvalue weighted by Gasteiger charge is 2.23. The second kappa shape index (κ2) is 8.50. The average Bonchev–Trinajstić information content (AvgIpc) is 2.59. The predicted octanol–water partition coefficient (Wildman–Crippen LogP) is 3.39. The second-order valence-electron chi connectivity index (χ2n) is 5.65. The Morgan fingerprint density at radius 1 is 1.04 bits per heavy atom. The fraction of sp³-hybridized carbons (Fsp3) is 0.263.